The minimum absolute atomic E-state index is 0.391. The van der Waals surface area contributed by atoms with Gasteiger partial charge in [0.05, 0.1) is 0 Å². The van der Waals surface area contributed by atoms with Gasteiger partial charge in [-0.1, -0.05) is 6.08 Å². The van der Waals surface area contributed by atoms with Crippen molar-refractivity contribution < 1.29 is 24.3 Å². The molecule has 0 aromatic heterocycles. The molecule has 0 spiro atoms. The average Bonchev–Trinajstić information content (AvgIpc) is 2.14. The first-order valence-electron chi connectivity index (χ1n) is 4.52. The average molecular weight is 244 g/mol. The predicted octanol–water partition coefficient (Wildman–Crippen LogP) is -0.305. The van der Waals surface area contributed by atoms with E-state index in [-0.39, 0.29) is 0 Å². The van der Waals surface area contributed by atoms with E-state index in [2.05, 4.69) is 10.6 Å². The van der Waals surface area contributed by atoms with Crippen LogP contribution in [0.3, 0.4) is 0 Å². The molecule has 0 saturated carbocycles. The van der Waals surface area contributed by atoms with E-state index in [4.69, 9.17) is 5.11 Å². The van der Waals surface area contributed by atoms with Crippen LogP contribution in [0.4, 0.5) is 0 Å². The number of allylic oxidation sites excluding steroid dienone is 1. The highest BCUT2D eigenvalue weighted by Crippen LogP contribution is 1.83. The predicted molar refractivity (Wildman–Crippen MR) is 60.6 cm³/mol. The van der Waals surface area contributed by atoms with Crippen molar-refractivity contribution in [1.29, 1.82) is 0 Å². The number of nitrogens with zero attached hydrogens (tertiary/aromatic N) is 1. The second-order valence-electron chi connectivity index (χ2n) is 2.80. The smallest absolute Gasteiger partial charge is 0.349 e. The van der Waals surface area contributed by atoms with Crippen LogP contribution < -0.4 is 5.73 Å². The molecule has 0 atom stereocenters. The molecule has 0 aliphatic heterocycles. The molecule has 0 heterocycles. The van der Waals surface area contributed by atoms with Gasteiger partial charge in [0.15, 0.2) is 0 Å². The molecule has 3 N–H and O–H groups in total. The molecule has 0 aromatic rings. The van der Waals surface area contributed by atoms with Gasteiger partial charge in [-0.15, -0.1) is 5.06 Å². The minimum Gasteiger partial charge on any atom is -0.478 e. The molecule has 0 aliphatic carbocycles. The van der Waals surface area contributed by atoms with Gasteiger partial charge < -0.3 is 15.7 Å². The summed E-state index contributed by atoms with van der Waals surface area (Å²) in [5, 5.41) is 9.26. The van der Waals surface area contributed by atoms with Gasteiger partial charge >= 0.3 is 11.9 Å². The Morgan fingerprint density at radius 2 is 1.71 bits per heavy atom. The maximum Gasteiger partial charge on any atom is 0.349 e. The minimum atomic E-state index is -1.18. The maximum absolute atomic E-state index is 10.5. The highest BCUT2D eigenvalue weighted by molar-refractivity contribution is 5.90. The fraction of sp³-hybridized carbons (Fsp3) is 0.300. The second-order valence-corrected chi connectivity index (χ2v) is 2.80. The molecular weight excluding hydrogens is 228 g/mol. The van der Waals surface area contributed by atoms with Crippen molar-refractivity contribution in [3.05, 3.63) is 24.3 Å². The van der Waals surface area contributed by atoms with Gasteiger partial charge in [-0.2, -0.15) is 0 Å². The summed E-state index contributed by atoms with van der Waals surface area (Å²) in [6, 6.07) is 0. The Balaban J connectivity index is 0. The van der Waals surface area contributed by atoms with Crippen LogP contribution in [0.5, 0.6) is 0 Å². The summed E-state index contributed by atoms with van der Waals surface area (Å²) in [7, 11) is 3.04. The van der Waals surface area contributed by atoms with E-state index in [1.54, 1.807) is 13.0 Å². The van der Waals surface area contributed by atoms with Gasteiger partial charge in [-0.05, 0) is 13.0 Å². The van der Waals surface area contributed by atoms with Gasteiger partial charge in [-0.25, -0.2) is 9.59 Å². The molecule has 0 saturated heterocycles. The number of primary amides is 1. The number of aliphatic carboxylic acids is 1. The van der Waals surface area contributed by atoms with Crippen LogP contribution in [0.15, 0.2) is 24.3 Å². The van der Waals surface area contributed by atoms with Crippen LogP contribution in [0.2, 0.25) is 0 Å². The van der Waals surface area contributed by atoms with E-state index in [0.29, 0.717) is 6.08 Å². The third kappa shape index (κ3) is 20.0. The molecule has 1 amide bonds. The number of nitrogens with two attached hydrogens (primary N) is 1. The Hall–Kier alpha value is -2.15. The summed E-state index contributed by atoms with van der Waals surface area (Å²) < 4.78 is 0. The molecule has 96 valence electrons. The SMILES string of the molecule is CC=CC(N)=O.CN(C)OC(=O)/C=C\C(=O)O. The van der Waals surface area contributed by atoms with Crippen molar-refractivity contribution in [3.63, 3.8) is 0 Å². The Morgan fingerprint density at radius 3 is 1.94 bits per heavy atom. The number of rotatable bonds is 4. The molecule has 17 heavy (non-hydrogen) atoms. The van der Waals surface area contributed by atoms with Crippen molar-refractivity contribution in [3.8, 4) is 0 Å². The lowest BCUT2D eigenvalue weighted by atomic mass is 10.5. The van der Waals surface area contributed by atoms with E-state index >= 15 is 0 Å². The van der Waals surface area contributed by atoms with Gasteiger partial charge in [0.25, 0.3) is 0 Å². The molecule has 0 radical (unpaired) electrons. The zero-order valence-corrected chi connectivity index (χ0v) is 9.91. The van der Waals surface area contributed by atoms with E-state index in [0.717, 1.165) is 6.08 Å². The molecule has 0 unspecified atom stereocenters. The topological polar surface area (TPSA) is 110 Å². The lowest BCUT2D eigenvalue weighted by Crippen LogP contribution is -2.16. The Bertz CT molecular complexity index is 321. The van der Waals surface area contributed by atoms with E-state index in [9.17, 15) is 14.4 Å². The van der Waals surface area contributed by atoms with Crippen LogP contribution in [-0.2, 0) is 19.2 Å². The van der Waals surface area contributed by atoms with Crippen LogP contribution in [0.25, 0.3) is 0 Å². The molecule has 7 heteroatoms. The zero-order valence-electron chi connectivity index (χ0n) is 9.91. The second kappa shape index (κ2) is 10.4. The largest absolute Gasteiger partial charge is 0.478 e. The number of carbonyl (C=O) groups is 3. The summed E-state index contributed by atoms with van der Waals surface area (Å²) in [5.41, 5.74) is 4.68. The first-order valence-corrected chi connectivity index (χ1v) is 4.52. The molecule has 0 aromatic carbocycles. The highest BCUT2D eigenvalue weighted by Gasteiger charge is 1.98. The van der Waals surface area contributed by atoms with Crippen LogP contribution >= 0.6 is 0 Å². The summed E-state index contributed by atoms with van der Waals surface area (Å²) >= 11 is 0. The summed E-state index contributed by atoms with van der Waals surface area (Å²) in [5.74, 6) is -2.28. The zero-order chi connectivity index (χ0) is 13.8. The molecule has 0 bridgehead atoms. The Kier molecular flexibility index (Phi) is 10.5. The van der Waals surface area contributed by atoms with Gasteiger partial charge in [0, 0.05) is 26.2 Å². The standard InChI is InChI=1S/C6H9NO4.C4H7NO/c1-7(2)11-6(10)4-3-5(8)9;1-2-3-4(5)6/h3-4H,1-2H3,(H,8,9);2-3H,1H3,(H2,5,6)/b4-3-;. The third-order valence-electron chi connectivity index (χ3n) is 0.965. The third-order valence-corrected chi connectivity index (χ3v) is 0.965. The lowest BCUT2D eigenvalue weighted by Gasteiger charge is -2.06. The number of carbonyl (C=O) groups excluding carboxylic acids is 2. The number of carboxylic acid groups (broad SMARTS) is 1. The first kappa shape index (κ1) is 17.3. The monoisotopic (exact) mass is 244 g/mol. The molecule has 0 fully saturated rings. The van der Waals surface area contributed by atoms with Crippen LogP contribution in [-0.4, -0.2) is 42.1 Å². The van der Waals surface area contributed by atoms with Crippen molar-refractivity contribution in [2.24, 2.45) is 5.73 Å². The molecule has 0 aliphatic rings. The summed E-state index contributed by atoms with van der Waals surface area (Å²) in [6.45, 7) is 1.74. The summed E-state index contributed by atoms with van der Waals surface area (Å²) in [4.78, 5) is 34.6. The quantitative estimate of drug-likeness (QED) is 0.518. The number of hydroxylamine groups is 2. The van der Waals surface area contributed by atoms with Crippen molar-refractivity contribution in [2.75, 3.05) is 14.1 Å². The van der Waals surface area contributed by atoms with Gasteiger partial charge in [0.1, 0.15) is 0 Å². The number of amides is 1. The van der Waals surface area contributed by atoms with E-state index in [1.165, 1.54) is 25.2 Å². The van der Waals surface area contributed by atoms with Crippen molar-refractivity contribution in [1.82, 2.24) is 5.06 Å². The van der Waals surface area contributed by atoms with Crippen molar-refractivity contribution in [2.45, 2.75) is 6.92 Å². The Morgan fingerprint density at radius 1 is 1.18 bits per heavy atom. The van der Waals surface area contributed by atoms with Crippen molar-refractivity contribution >= 4 is 17.8 Å². The molecular formula is C10H16N2O5. The fourth-order valence-electron chi connectivity index (χ4n) is 0.514. The fourth-order valence-corrected chi connectivity index (χ4v) is 0.514. The van der Waals surface area contributed by atoms with Gasteiger partial charge in [0.2, 0.25) is 5.91 Å². The normalized spacial score (nSPS) is 10.1. The van der Waals surface area contributed by atoms with Crippen LogP contribution in [0, 0.1) is 0 Å². The first-order chi connectivity index (χ1) is 7.79. The summed E-state index contributed by atoms with van der Waals surface area (Å²) in [6.07, 6.45) is 4.45. The Labute approximate surface area is 99.1 Å². The molecule has 0 rings (SSSR count). The van der Waals surface area contributed by atoms with Gasteiger partial charge in [-0.3, -0.25) is 4.79 Å². The lowest BCUT2D eigenvalue weighted by molar-refractivity contribution is -0.171. The van der Waals surface area contributed by atoms with E-state index in [1.807, 2.05) is 0 Å². The number of hydrogen-bond acceptors (Lipinski definition) is 5. The van der Waals surface area contributed by atoms with E-state index < -0.39 is 17.8 Å². The highest BCUT2D eigenvalue weighted by atomic mass is 16.7. The molecule has 7 nitrogen and oxygen atoms in total. The maximum atomic E-state index is 10.5. The van der Waals surface area contributed by atoms with Crippen LogP contribution in [0.1, 0.15) is 6.92 Å². The number of hydrogen-bond donors (Lipinski definition) is 2. The number of carboxylic acids is 1.